The van der Waals surface area contributed by atoms with Crippen LogP contribution in [0, 0.1) is 0 Å². The van der Waals surface area contributed by atoms with Crippen LogP contribution in [0.15, 0.2) is 54.9 Å². The van der Waals surface area contributed by atoms with Crippen LogP contribution in [-0.4, -0.2) is 15.6 Å². The molecule has 1 heterocycles. The number of aryl methyl sites for hydroxylation is 1. The van der Waals surface area contributed by atoms with Crippen LogP contribution in [0.3, 0.4) is 0 Å². The molecule has 1 aromatic heterocycles. The molecule has 0 bridgehead atoms. The van der Waals surface area contributed by atoms with Crippen LogP contribution < -0.4 is 0 Å². The molecule has 0 N–H and O–H groups in total. The highest BCUT2D eigenvalue weighted by atomic mass is 16.1. The third-order valence-corrected chi connectivity index (χ3v) is 3.68. The molecule has 0 aliphatic carbocycles. The van der Waals surface area contributed by atoms with E-state index in [9.17, 15) is 4.79 Å². The van der Waals surface area contributed by atoms with Crippen molar-refractivity contribution in [2.75, 3.05) is 0 Å². The van der Waals surface area contributed by atoms with Gasteiger partial charge in [0.15, 0.2) is 0 Å². The Balaban J connectivity index is 1.77. The van der Waals surface area contributed by atoms with Gasteiger partial charge >= 0.3 is 0 Å². The first-order valence-electron chi connectivity index (χ1n) is 7.26. The van der Waals surface area contributed by atoms with Crippen LogP contribution in [-0.2, 0) is 24.2 Å². The van der Waals surface area contributed by atoms with Gasteiger partial charge < -0.3 is 0 Å². The molecule has 3 aromatic rings. The van der Waals surface area contributed by atoms with Crippen molar-refractivity contribution in [1.82, 2.24) is 9.78 Å². The van der Waals surface area contributed by atoms with Crippen LogP contribution in [0.5, 0.6) is 0 Å². The number of Topliss-reactive ketones (excluding diaryl/α,β-unsaturated/α-hetero) is 1. The predicted octanol–water partition coefficient (Wildman–Crippen LogP) is 3.41. The largest absolute Gasteiger partial charge is 0.299 e. The van der Waals surface area contributed by atoms with E-state index < -0.39 is 0 Å². The molecule has 0 atom stereocenters. The summed E-state index contributed by atoms with van der Waals surface area (Å²) in [5.41, 5.74) is 2.09. The Hall–Kier alpha value is -2.42. The average molecular weight is 278 g/mol. The van der Waals surface area contributed by atoms with E-state index in [0.717, 1.165) is 23.1 Å². The molecule has 0 aliphatic heterocycles. The second kappa shape index (κ2) is 5.92. The lowest BCUT2D eigenvalue weighted by molar-refractivity contribution is -0.117. The first-order valence-corrected chi connectivity index (χ1v) is 7.26. The van der Waals surface area contributed by atoms with Crippen molar-refractivity contribution in [1.29, 1.82) is 0 Å². The standard InChI is InChI=1S/C18H18N2O/c1-2-20-13-14(12-19-20)10-17(21)11-16-8-5-7-15-6-3-4-9-18(15)16/h3-9,12-13H,2,10-11H2,1H3. The number of rotatable bonds is 5. The predicted molar refractivity (Wildman–Crippen MR) is 84.3 cm³/mol. The zero-order chi connectivity index (χ0) is 14.7. The van der Waals surface area contributed by atoms with E-state index in [1.54, 1.807) is 6.20 Å². The molecule has 0 fully saturated rings. The van der Waals surface area contributed by atoms with Crippen molar-refractivity contribution >= 4 is 16.6 Å². The van der Waals surface area contributed by atoms with Gasteiger partial charge in [-0.25, -0.2) is 0 Å². The lowest BCUT2D eigenvalue weighted by Gasteiger charge is -2.05. The van der Waals surface area contributed by atoms with Gasteiger partial charge in [-0.1, -0.05) is 42.5 Å². The van der Waals surface area contributed by atoms with Crippen LogP contribution in [0.2, 0.25) is 0 Å². The minimum atomic E-state index is 0.224. The summed E-state index contributed by atoms with van der Waals surface area (Å²) in [6.07, 6.45) is 4.65. The molecule has 106 valence electrons. The SMILES string of the molecule is CCn1cc(CC(=O)Cc2cccc3ccccc23)cn1. The number of fused-ring (bicyclic) bond motifs is 1. The summed E-state index contributed by atoms with van der Waals surface area (Å²) in [5, 5.41) is 6.56. The van der Waals surface area contributed by atoms with Crippen molar-refractivity contribution < 1.29 is 4.79 Å². The Morgan fingerprint density at radius 1 is 1.10 bits per heavy atom. The molecular formula is C18H18N2O. The fourth-order valence-corrected chi connectivity index (χ4v) is 2.62. The Bertz CT molecular complexity index is 768. The second-order valence-electron chi connectivity index (χ2n) is 5.23. The smallest absolute Gasteiger partial charge is 0.141 e. The number of carbonyl (C=O) groups is 1. The molecule has 3 nitrogen and oxygen atoms in total. The molecule has 3 rings (SSSR count). The molecule has 0 saturated heterocycles. The van der Waals surface area contributed by atoms with E-state index >= 15 is 0 Å². The highest BCUT2D eigenvalue weighted by Crippen LogP contribution is 2.19. The van der Waals surface area contributed by atoms with Crippen LogP contribution in [0.1, 0.15) is 18.1 Å². The third kappa shape index (κ3) is 3.02. The maximum Gasteiger partial charge on any atom is 0.141 e. The summed E-state index contributed by atoms with van der Waals surface area (Å²) in [6.45, 7) is 2.87. The van der Waals surface area contributed by atoms with Gasteiger partial charge in [0.1, 0.15) is 5.78 Å². The molecule has 0 aliphatic rings. The maximum atomic E-state index is 12.3. The fourth-order valence-electron chi connectivity index (χ4n) is 2.62. The van der Waals surface area contributed by atoms with E-state index in [-0.39, 0.29) is 5.78 Å². The molecule has 0 saturated carbocycles. The van der Waals surface area contributed by atoms with E-state index in [1.807, 2.05) is 42.1 Å². The topological polar surface area (TPSA) is 34.9 Å². The highest BCUT2D eigenvalue weighted by molar-refractivity contribution is 5.91. The quantitative estimate of drug-likeness (QED) is 0.717. The molecule has 3 heteroatoms. The van der Waals surface area contributed by atoms with Gasteiger partial charge in [0.05, 0.1) is 6.20 Å². The van der Waals surface area contributed by atoms with Crippen molar-refractivity contribution in [3.63, 3.8) is 0 Å². The van der Waals surface area contributed by atoms with E-state index in [0.29, 0.717) is 12.8 Å². The summed E-state index contributed by atoms with van der Waals surface area (Å²) in [4.78, 5) is 12.3. The third-order valence-electron chi connectivity index (χ3n) is 3.68. The summed E-state index contributed by atoms with van der Waals surface area (Å²) in [5.74, 6) is 0.224. The number of nitrogens with zero attached hydrogens (tertiary/aromatic N) is 2. The van der Waals surface area contributed by atoms with Crippen LogP contribution in [0.25, 0.3) is 10.8 Å². The average Bonchev–Trinajstić information content (AvgIpc) is 2.95. The summed E-state index contributed by atoms with van der Waals surface area (Å²) in [6, 6.07) is 14.3. The zero-order valence-corrected chi connectivity index (χ0v) is 12.1. The number of hydrogen-bond acceptors (Lipinski definition) is 2. The van der Waals surface area contributed by atoms with Gasteiger partial charge in [0.2, 0.25) is 0 Å². The molecule has 0 radical (unpaired) electrons. The molecular weight excluding hydrogens is 260 g/mol. The Labute approximate surface area is 124 Å². The zero-order valence-electron chi connectivity index (χ0n) is 12.1. The van der Waals surface area contributed by atoms with Crippen LogP contribution in [0.4, 0.5) is 0 Å². The number of hydrogen-bond donors (Lipinski definition) is 0. The monoisotopic (exact) mass is 278 g/mol. The van der Waals surface area contributed by atoms with Crippen LogP contribution >= 0.6 is 0 Å². The maximum absolute atomic E-state index is 12.3. The summed E-state index contributed by atoms with van der Waals surface area (Å²) in [7, 11) is 0. The Morgan fingerprint density at radius 2 is 1.90 bits per heavy atom. The fraction of sp³-hybridized carbons (Fsp3) is 0.222. The van der Waals surface area contributed by atoms with Gasteiger partial charge in [-0.2, -0.15) is 5.10 Å². The van der Waals surface area contributed by atoms with Gasteiger partial charge in [0.25, 0.3) is 0 Å². The van der Waals surface area contributed by atoms with E-state index in [1.165, 1.54) is 5.39 Å². The van der Waals surface area contributed by atoms with Crippen molar-refractivity contribution in [3.8, 4) is 0 Å². The summed E-state index contributed by atoms with van der Waals surface area (Å²) >= 11 is 0. The Kier molecular flexibility index (Phi) is 3.82. The summed E-state index contributed by atoms with van der Waals surface area (Å²) < 4.78 is 1.85. The normalized spacial score (nSPS) is 10.9. The van der Waals surface area contributed by atoms with Gasteiger partial charge in [-0.3, -0.25) is 9.48 Å². The van der Waals surface area contributed by atoms with E-state index in [4.69, 9.17) is 0 Å². The molecule has 0 spiro atoms. The minimum absolute atomic E-state index is 0.224. The van der Waals surface area contributed by atoms with Crippen molar-refractivity contribution in [3.05, 3.63) is 66.0 Å². The lowest BCUT2D eigenvalue weighted by atomic mass is 9.98. The molecule has 0 unspecified atom stereocenters. The highest BCUT2D eigenvalue weighted by Gasteiger charge is 2.09. The van der Waals surface area contributed by atoms with E-state index in [2.05, 4.69) is 23.3 Å². The van der Waals surface area contributed by atoms with Crippen molar-refractivity contribution in [2.45, 2.75) is 26.3 Å². The Morgan fingerprint density at radius 3 is 2.71 bits per heavy atom. The van der Waals surface area contributed by atoms with Crippen molar-refractivity contribution in [2.24, 2.45) is 0 Å². The first kappa shape index (κ1) is 13.6. The molecule has 21 heavy (non-hydrogen) atoms. The van der Waals surface area contributed by atoms with Gasteiger partial charge in [0, 0.05) is 25.6 Å². The lowest BCUT2D eigenvalue weighted by Crippen LogP contribution is -2.06. The van der Waals surface area contributed by atoms with Gasteiger partial charge in [-0.05, 0) is 28.8 Å². The first-order chi connectivity index (χ1) is 10.3. The molecule has 2 aromatic carbocycles. The number of carbonyl (C=O) groups excluding carboxylic acids is 1. The molecule has 0 amide bonds. The number of benzene rings is 2. The number of aromatic nitrogens is 2. The second-order valence-corrected chi connectivity index (χ2v) is 5.23. The minimum Gasteiger partial charge on any atom is -0.299 e. The van der Waals surface area contributed by atoms with Gasteiger partial charge in [-0.15, -0.1) is 0 Å². The number of ketones is 1.